The van der Waals surface area contributed by atoms with Gasteiger partial charge in [0.25, 0.3) is 5.91 Å². The Morgan fingerprint density at radius 3 is 2.81 bits per heavy atom. The number of halogens is 1. The zero-order chi connectivity index (χ0) is 22.0. The predicted molar refractivity (Wildman–Crippen MR) is 120 cm³/mol. The van der Waals surface area contributed by atoms with E-state index in [1.165, 1.54) is 17.4 Å². The van der Waals surface area contributed by atoms with Gasteiger partial charge in [-0.15, -0.1) is 0 Å². The number of nitrogens with zero attached hydrogens (tertiary/aromatic N) is 5. The standard InChI is InChI=1S/C22H28FN5O2S/c1-15(2)28-18(14-16(3)25-28)21(29)27(9-5-8-26-10-12-30-13-11-26)22-24-20-17(23)6-4-7-19(20)31-22/h4,6-7,14-15H,5,8-13H2,1-3H3. The predicted octanol–water partition coefficient (Wildman–Crippen LogP) is 3.89. The molecule has 0 radical (unpaired) electrons. The number of ether oxygens (including phenoxy) is 1. The minimum absolute atomic E-state index is 0.0515. The molecular weight excluding hydrogens is 417 g/mol. The van der Waals surface area contributed by atoms with Gasteiger partial charge in [-0.1, -0.05) is 17.4 Å². The number of rotatable bonds is 7. The summed E-state index contributed by atoms with van der Waals surface area (Å²) in [4.78, 5) is 22.1. The summed E-state index contributed by atoms with van der Waals surface area (Å²) in [6.07, 6.45) is 0.791. The molecule has 1 amide bonds. The Labute approximate surface area is 185 Å². The molecule has 31 heavy (non-hydrogen) atoms. The van der Waals surface area contributed by atoms with Crippen LogP contribution in [0.4, 0.5) is 9.52 Å². The van der Waals surface area contributed by atoms with Crippen molar-refractivity contribution >= 4 is 32.6 Å². The van der Waals surface area contributed by atoms with Crippen molar-refractivity contribution in [3.05, 3.63) is 41.5 Å². The molecule has 1 aliphatic rings. The molecule has 0 spiro atoms. The van der Waals surface area contributed by atoms with E-state index in [0.717, 1.165) is 49.7 Å². The van der Waals surface area contributed by atoms with Gasteiger partial charge in [-0.3, -0.25) is 19.3 Å². The fourth-order valence-corrected chi connectivity index (χ4v) is 4.79. The van der Waals surface area contributed by atoms with Crippen LogP contribution in [0.2, 0.25) is 0 Å². The fourth-order valence-electron chi connectivity index (χ4n) is 3.79. The zero-order valence-electron chi connectivity index (χ0n) is 18.2. The number of fused-ring (bicyclic) bond motifs is 1. The Morgan fingerprint density at radius 2 is 2.10 bits per heavy atom. The lowest BCUT2D eigenvalue weighted by molar-refractivity contribution is 0.0376. The number of thiazole rings is 1. The molecule has 0 N–H and O–H groups in total. The van der Waals surface area contributed by atoms with Crippen molar-refractivity contribution in [1.29, 1.82) is 0 Å². The molecule has 9 heteroatoms. The van der Waals surface area contributed by atoms with Gasteiger partial charge < -0.3 is 4.74 Å². The molecule has 7 nitrogen and oxygen atoms in total. The van der Waals surface area contributed by atoms with Crippen LogP contribution >= 0.6 is 11.3 Å². The van der Waals surface area contributed by atoms with Crippen molar-refractivity contribution in [1.82, 2.24) is 19.7 Å². The molecule has 3 aromatic rings. The molecule has 1 fully saturated rings. The summed E-state index contributed by atoms with van der Waals surface area (Å²) in [5.41, 5.74) is 1.63. The lowest BCUT2D eigenvalue weighted by Gasteiger charge is -2.28. The molecule has 0 bridgehead atoms. The second-order valence-corrected chi connectivity index (χ2v) is 9.07. The van der Waals surface area contributed by atoms with Crippen molar-refractivity contribution in [3.8, 4) is 0 Å². The third kappa shape index (κ3) is 4.78. The van der Waals surface area contributed by atoms with Crippen LogP contribution < -0.4 is 4.90 Å². The van der Waals surface area contributed by atoms with Crippen LogP contribution in [0.3, 0.4) is 0 Å². The summed E-state index contributed by atoms with van der Waals surface area (Å²) < 4.78 is 22.2. The number of aryl methyl sites for hydroxylation is 1. The van der Waals surface area contributed by atoms with Gasteiger partial charge in [-0.25, -0.2) is 9.37 Å². The minimum Gasteiger partial charge on any atom is -0.379 e. The number of carbonyl (C=O) groups excluding carboxylic acids is 1. The van der Waals surface area contributed by atoms with Gasteiger partial charge in [0.05, 0.1) is 23.6 Å². The lowest BCUT2D eigenvalue weighted by Crippen LogP contribution is -2.39. The van der Waals surface area contributed by atoms with Crippen LogP contribution in [0.15, 0.2) is 24.3 Å². The van der Waals surface area contributed by atoms with E-state index >= 15 is 0 Å². The average molecular weight is 446 g/mol. The summed E-state index contributed by atoms with van der Waals surface area (Å²) in [5, 5.41) is 5.00. The SMILES string of the molecule is Cc1cc(C(=O)N(CCCN2CCOCC2)c2nc3c(F)cccc3s2)n(C(C)C)n1. The molecule has 2 aromatic heterocycles. The summed E-state index contributed by atoms with van der Waals surface area (Å²) in [5.74, 6) is -0.528. The number of para-hydroxylation sites is 1. The Balaban J connectivity index is 1.63. The topological polar surface area (TPSA) is 63.5 Å². The number of benzene rings is 1. The van der Waals surface area contributed by atoms with E-state index in [9.17, 15) is 9.18 Å². The monoisotopic (exact) mass is 445 g/mol. The van der Waals surface area contributed by atoms with E-state index in [1.54, 1.807) is 15.6 Å². The molecule has 0 unspecified atom stereocenters. The third-order valence-electron chi connectivity index (χ3n) is 5.36. The Hall–Kier alpha value is -2.36. The van der Waals surface area contributed by atoms with Crippen molar-refractivity contribution in [3.63, 3.8) is 0 Å². The minimum atomic E-state index is -0.371. The van der Waals surface area contributed by atoms with Gasteiger partial charge >= 0.3 is 0 Å². The Kier molecular flexibility index (Phi) is 6.64. The van der Waals surface area contributed by atoms with Gasteiger partial charge in [-0.2, -0.15) is 5.10 Å². The number of amides is 1. The maximum Gasteiger partial charge on any atom is 0.278 e. The molecule has 1 aliphatic heterocycles. The first-order chi connectivity index (χ1) is 14.9. The van der Waals surface area contributed by atoms with Crippen molar-refractivity contribution in [2.75, 3.05) is 44.3 Å². The lowest BCUT2D eigenvalue weighted by atomic mass is 10.2. The van der Waals surface area contributed by atoms with E-state index in [4.69, 9.17) is 4.74 Å². The van der Waals surface area contributed by atoms with Crippen LogP contribution in [-0.2, 0) is 4.74 Å². The summed E-state index contributed by atoms with van der Waals surface area (Å²) in [6.45, 7) is 10.5. The highest BCUT2D eigenvalue weighted by molar-refractivity contribution is 7.22. The van der Waals surface area contributed by atoms with Gasteiger partial charge in [0, 0.05) is 32.2 Å². The van der Waals surface area contributed by atoms with Crippen LogP contribution in [0.25, 0.3) is 10.2 Å². The summed E-state index contributed by atoms with van der Waals surface area (Å²) in [6, 6.07) is 6.76. The smallest absolute Gasteiger partial charge is 0.278 e. The van der Waals surface area contributed by atoms with Crippen LogP contribution in [-0.4, -0.2) is 65.0 Å². The molecule has 0 saturated carbocycles. The number of hydrogen-bond acceptors (Lipinski definition) is 6. The first-order valence-corrected chi connectivity index (χ1v) is 11.5. The quantitative estimate of drug-likeness (QED) is 0.552. The Morgan fingerprint density at radius 1 is 1.32 bits per heavy atom. The second-order valence-electron chi connectivity index (χ2n) is 8.06. The average Bonchev–Trinajstić information content (AvgIpc) is 3.36. The molecule has 0 atom stereocenters. The van der Waals surface area contributed by atoms with Crippen molar-refractivity contribution in [2.24, 2.45) is 0 Å². The summed E-state index contributed by atoms with van der Waals surface area (Å²) >= 11 is 1.34. The van der Waals surface area contributed by atoms with Crippen LogP contribution in [0.5, 0.6) is 0 Å². The van der Waals surface area contributed by atoms with Crippen molar-refractivity contribution in [2.45, 2.75) is 33.2 Å². The maximum atomic E-state index is 14.3. The molecule has 0 aliphatic carbocycles. The first-order valence-electron chi connectivity index (χ1n) is 10.7. The van der Waals surface area contributed by atoms with E-state index < -0.39 is 0 Å². The van der Waals surface area contributed by atoms with Crippen molar-refractivity contribution < 1.29 is 13.9 Å². The maximum absolute atomic E-state index is 14.3. The van der Waals surface area contributed by atoms with Gasteiger partial charge in [-0.05, 0) is 45.4 Å². The number of aromatic nitrogens is 3. The van der Waals surface area contributed by atoms with Gasteiger partial charge in [0.15, 0.2) is 5.13 Å². The molecule has 4 rings (SSSR count). The van der Waals surface area contributed by atoms with Gasteiger partial charge in [0.1, 0.15) is 17.0 Å². The first kappa shape index (κ1) is 21.9. The van der Waals surface area contributed by atoms with E-state index in [0.29, 0.717) is 22.9 Å². The third-order valence-corrected chi connectivity index (χ3v) is 6.40. The highest BCUT2D eigenvalue weighted by Gasteiger charge is 2.26. The van der Waals surface area contributed by atoms with E-state index in [-0.39, 0.29) is 17.8 Å². The fraction of sp³-hybridized carbons (Fsp3) is 0.500. The number of hydrogen-bond donors (Lipinski definition) is 0. The highest BCUT2D eigenvalue weighted by Crippen LogP contribution is 2.31. The van der Waals surface area contributed by atoms with Crippen LogP contribution in [0.1, 0.15) is 42.5 Å². The van der Waals surface area contributed by atoms with Gasteiger partial charge in [0.2, 0.25) is 0 Å². The van der Waals surface area contributed by atoms with Crippen LogP contribution in [0, 0.1) is 12.7 Å². The Bertz CT molecular complexity index is 1060. The summed E-state index contributed by atoms with van der Waals surface area (Å²) in [7, 11) is 0. The second kappa shape index (κ2) is 9.42. The normalized spacial score (nSPS) is 15.1. The molecule has 166 valence electrons. The number of morpholine rings is 1. The van der Waals surface area contributed by atoms with E-state index in [1.807, 2.05) is 32.9 Å². The molecular formula is C22H28FN5O2S. The molecule has 3 heterocycles. The molecule has 1 aromatic carbocycles. The largest absolute Gasteiger partial charge is 0.379 e. The highest BCUT2D eigenvalue weighted by atomic mass is 32.1. The number of anilines is 1. The molecule has 1 saturated heterocycles. The van der Waals surface area contributed by atoms with E-state index in [2.05, 4.69) is 15.0 Å². The zero-order valence-corrected chi connectivity index (χ0v) is 19.0. The number of carbonyl (C=O) groups is 1.